The van der Waals surface area contributed by atoms with Gasteiger partial charge in [0.15, 0.2) is 0 Å². The van der Waals surface area contributed by atoms with Crippen LogP contribution < -0.4 is 15.2 Å². The van der Waals surface area contributed by atoms with Gasteiger partial charge in [-0.05, 0) is 36.5 Å². The number of nitrogen functional groups attached to an aromatic ring is 1. The van der Waals surface area contributed by atoms with Crippen molar-refractivity contribution in [2.24, 2.45) is 11.8 Å². The SMILES string of the molecule is COc1ccc(S(=O)(=O)NC2CCCC(C)C2C)cc1N. The molecule has 21 heavy (non-hydrogen) atoms. The number of methoxy groups -OCH3 is 1. The van der Waals surface area contributed by atoms with Gasteiger partial charge >= 0.3 is 0 Å². The molecule has 1 fully saturated rings. The molecule has 1 saturated carbocycles. The van der Waals surface area contributed by atoms with E-state index in [9.17, 15) is 8.42 Å². The van der Waals surface area contributed by atoms with Crippen LogP contribution in [0, 0.1) is 11.8 Å². The summed E-state index contributed by atoms with van der Waals surface area (Å²) in [7, 11) is -2.05. The molecule has 0 aliphatic heterocycles. The predicted octanol–water partition coefficient (Wildman–Crippen LogP) is 2.38. The molecule has 0 bridgehead atoms. The minimum Gasteiger partial charge on any atom is -0.495 e. The fraction of sp³-hybridized carbons (Fsp3) is 0.600. The molecule has 2 rings (SSSR count). The maximum atomic E-state index is 12.5. The molecule has 0 saturated heterocycles. The molecule has 3 unspecified atom stereocenters. The van der Waals surface area contributed by atoms with E-state index >= 15 is 0 Å². The number of sulfonamides is 1. The van der Waals surface area contributed by atoms with E-state index in [4.69, 9.17) is 10.5 Å². The van der Waals surface area contributed by atoms with Crippen molar-refractivity contribution in [3.8, 4) is 5.75 Å². The van der Waals surface area contributed by atoms with Gasteiger partial charge in [0.05, 0.1) is 17.7 Å². The summed E-state index contributed by atoms with van der Waals surface area (Å²) in [5, 5.41) is 0. The number of hydrogen-bond donors (Lipinski definition) is 2. The van der Waals surface area contributed by atoms with E-state index < -0.39 is 10.0 Å². The summed E-state index contributed by atoms with van der Waals surface area (Å²) >= 11 is 0. The lowest BCUT2D eigenvalue weighted by Crippen LogP contribution is -2.43. The number of hydrogen-bond acceptors (Lipinski definition) is 4. The number of rotatable bonds is 4. The maximum absolute atomic E-state index is 12.5. The van der Waals surface area contributed by atoms with Crippen molar-refractivity contribution in [3.63, 3.8) is 0 Å². The summed E-state index contributed by atoms with van der Waals surface area (Å²) in [6.45, 7) is 4.29. The molecule has 6 heteroatoms. The van der Waals surface area contributed by atoms with Gasteiger partial charge in [-0.15, -0.1) is 0 Å². The monoisotopic (exact) mass is 312 g/mol. The number of ether oxygens (including phenoxy) is 1. The highest BCUT2D eigenvalue weighted by molar-refractivity contribution is 7.89. The standard InChI is InChI=1S/C15H24N2O3S/c1-10-5-4-6-14(11(10)2)17-21(18,19)12-7-8-15(20-3)13(16)9-12/h7-11,14,17H,4-6,16H2,1-3H3. The quantitative estimate of drug-likeness (QED) is 0.836. The van der Waals surface area contributed by atoms with Crippen LogP contribution >= 0.6 is 0 Å². The first-order valence-electron chi connectivity index (χ1n) is 7.31. The van der Waals surface area contributed by atoms with Gasteiger partial charge in [-0.2, -0.15) is 0 Å². The van der Waals surface area contributed by atoms with Gasteiger partial charge in [0.25, 0.3) is 0 Å². The Morgan fingerprint density at radius 3 is 2.62 bits per heavy atom. The molecule has 1 aromatic carbocycles. The zero-order valence-electron chi connectivity index (χ0n) is 12.8. The van der Waals surface area contributed by atoms with Gasteiger partial charge in [0, 0.05) is 6.04 Å². The summed E-state index contributed by atoms with van der Waals surface area (Å²) in [6.07, 6.45) is 3.11. The summed E-state index contributed by atoms with van der Waals surface area (Å²) in [6, 6.07) is 4.53. The summed E-state index contributed by atoms with van der Waals surface area (Å²) in [4.78, 5) is 0.186. The summed E-state index contributed by atoms with van der Waals surface area (Å²) in [5.41, 5.74) is 6.12. The van der Waals surface area contributed by atoms with Gasteiger partial charge in [-0.1, -0.05) is 26.7 Å². The van der Waals surface area contributed by atoms with Crippen molar-refractivity contribution < 1.29 is 13.2 Å². The van der Waals surface area contributed by atoms with Gasteiger partial charge in [0.1, 0.15) is 5.75 Å². The molecule has 0 spiro atoms. The Morgan fingerprint density at radius 2 is 2.00 bits per heavy atom. The van der Waals surface area contributed by atoms with Crippen LogP contribution in [0.2, 0.25) is 0 Å². The predicted molar refractivity (Wildman–Crippen MR) is 83.7 cm³/mol. The molecule has 5 nitrogen and oxygen atoms in total. The lowest BCUT2D eigenvalue weighted by Gasteiger charge is -2.34. The maximum Gasteiger partial charge on any atom is 0.240 e. The molecule has 118 valence electrons. The van der Waals surface area contributed by atoms with Crippen molar-refractivity contribution in [3.05, 3.63) is 18.2 Å². The van der Waals surface area contributed by atoms with Gasteiger partial charge in [-0.25, -0.2) is 13.1 Å². The highest BCUT2D eigenvalue weighted by Crippen LogP contribution is 2.31. The molecule has 3 N–H and O–H groups in total. The highest BCUT2D eigenvalue weighted by Gasteiger charge is 2.30. The average Bonchev–Trinajstić information content (AvgIpc) is 2.43. The van der Waals surface area contributed by atoms with Crippen LogP contribution in [0.5, 0.6) is 5.75 Å². The summed E-state index contributed by atoms with van der Waals surface area (Å²) < 4.78 is 32.9. The van der Waals surface area contributed by atoms with Crippen molar-refractivity contribution in [1.29, 1.82) is 0 Å². The van der Waals surface area contributed by atoms with Crippen molar-refractivity contribution >= 4 is 15.7 Å². The van der Waals surface area contributed by atoms with Crippen LogP contribution in [0.3, 0.4) is 0 Å². The second-order valence-corrected chi connectivity index (χ2v) is 7.61. The third kappa shape index (κ3) is 3.49. The number of nitrogens with one attached hydrogen (secondary N) is 1. The van der Waals surface area contributed by atoms with Crippen LogP contribution in [0.4, 0.5) is 5.69 Å². The topological polar surface area (TPSA) is 81.4 Å². The Balaban J connectivity index is 2.20. The largest absolute Gasteiger partial charge is 0.495 e. The van der Waals surface area contributed by atoms with E-state index in [1.54, 1.807) is 6.07 Å². The van der Waals surface area contributed by atoms with Crippen molar-refractivity contribution in [1.82, 2.24) is 4.72 Å². The minimum absolute atomic E-state index is 0.0120. The Labute approximate surface area is 126 Å². The first kappa shape index (κ1) is 16.1. The van der Waals surface area contributed by atoms with Crippen molar-refractivity contribution in [2.45, 2.75) is 44.0 Å². The number of anilines is 1. The first-order valence-corrected chi connectivity index (χ1v) is 8.79. The second kappa shape index (κ2) is 6.23. The van der Waals surface area contributed by atoms with Crippen LogP contribution in [0.1, 0.15) is 33.1 Å². The Bertz CT molecular complexity index is 601. The van der Waals surface area contributed by atoms with E-state index in [2.05, 4.69) is 18.6 Å². The molecular formula is C15H24N2O3S. The fourth-order valence-corrected chi connectivity index (χ4v) is 4.29. The van der Waals surface area contributed by atoms with E-state index in [-0.39, 0.29) is 10.9 Å². The minimum atomic E-state index is -3.55. The molecule has 0 amide bonds. The van der Waals surface area contributed by atoms with Gasteiger partial charge < -0.3 is 10.5 Å². The number of benzene rings is 1. The fourth-order valence-electron chi connectivity index (χ4n) is 2.90. The van der Waals surface area contributed by atoms with E-state index in [0.717, 1.165) is 19.3 Å². The zero-order valence-corrected chi connectivity index (χ0v) is 13.6. The van der Waals surface area contributed by atoms with Crippen LogP contribution in [-0.2, 0) is 10.0 Å². The molecular weight excluding hydrogens is 288 g/mol. The highest BCUT2D eigenvalue weighted by atomic mass is 32.2. The molecule has 3 atom stereocenters. The van der Waals surface area contributed by atoms with Crippen LogP contribution in [0.25, 0.3) is 0 Å². The molecule has 0 radical (unpaired) electrons. The lowest BCUT2D eigenvalue weighted by molar-refractivity contribution is 0.227. The smallest absolute Gasteiger partial charge is 0.240 e. The summed E-state index contributed by atoms with van der Waals surface area (Å²) in [5.74, 6) is 1.35. The Kier molecular flexibility index (Phi) is 4.78. The zero-order chi connectivity index (χ0) is 15.6. The van der Waals surface area contributed by atoms with Gasteiger partial charge in [-0.3, -0.25) is 0 Å². The normalized spacial score (nSPS) is 26.5. The van der Waals surface area contributed by atoms with E-state index in [1.165, 1.54) is 19.2 Å². The van der Waals surface area contributed by atoms with Crippen LogP contribution in [0.15, 0.2) is 23.1 Å². The van der Waals surface area contributed by atoms with Gasteiger partial charge in [0.2, 0.25) is 10.0 Å². The van der Waals surface area contributed by atoms with E-state index in [0.29, 0.717) is 23.3 Å². The lowest BCUT2D eigenvalue weighted by atomic mass is 9.78. The van der Waals surface area contributed by atoms with E-state index in [1.807, 2.05) is 0 Å². The molecule has 1 aliphatic carbocycles. The first-order chi connectivity index (χ1) is 9.85. The molecule has 1 aliphatic rings. The third-order valence-corrected chi connectivity index (χ3v) is 6.01. The Morgan fingerprint density at radius 1 is 1.29 bits per heavy atom. The Hall–Kier alpha value is -1.27. The third-order valence-electron chi connectivity index (χ3n) is 4.52. The van der Waals surface area contributed by atoms with Crippen LogP contribution in [-0.4, -0.2) is 21.6 Å². The molecule has 0 aromatic heterocycles. The molecule has 1 aromatic rings. The second-order valence-electron chi connectivity index (χ2n) is 5.90. The van der Waals surface area contributed by atoms with Crippen molar-refractivity contribution in [2.75, 3.05) is 12.8 Å². The number of nitrogens with two attached hydrogens (primary N) is 1. The molecule has 0 heterocycles. The average molecular weight is 312 g/mol.